The number of nitrogens with two attached hydrogens (primary N) is 1. The van der Waals surface area contributed by atoms with Gasteiger partial charge in [0.05, 0.1) is 25.3 Å². The van der Waals surface area contributed by atoms with Crippen molar-refractivity contribution in [3.8, 4) is 27.9 Å². The zero-order valence-electron chi connectivity index (χ0n) is 16.3. The maximum absolute atomic E-state index is 12.8. The molecule has 0 atom stereocenters. The number of nitrogens with one attached hydrogen (secondary N) is 1. The summed E-state index contributed by atoms with van der Waals surface area (Å²) in [5.74, 6) is 0.744. The highest BCUT2D eigenvalue weighted by Crippen LogP contribution is 2.30. The van der Waals surface area contributed by atoms with Gasteiger partial charge in [-0.3, -0.25) is 4.79 Å². The van der Waals surface area contributed by atoms with Gasteiger partial charge < -0.3 is 15.2 Å². The predicted octanol–water partition coefficient (Wildman–Crippen LogP) is 1.74. The van der Waals surface area contributed by atoms with Crippen molar-refractivity contribution in [2.45, 2.75) is 0 Å². The molecule has 1 aromatic carbocycles. The molecular weight excluding hydrogens is 424 g/mol. The van der Waals surface area contributed by atoms with Gasteiger partial charge in [0.15, 0.2) is 5.69 Å². The summed E-state index contributed by atoms with van der Waals surface area (Å²) < 4.78 is 16.4. The van der Waals surface area contributed by atoms with Crippen molar-refractivity contribution in [3.63, 3.8) is 0 Å². The van der Waals surface area contributed by atoms with Crippen molar-refractivity contribution in [1.82, 2.24) is 30.7 Å². The average molecular weight is 440 g/mol. The Morgan fingerprint density at radius 2 is 2.16 bits per heavy atom. The van der Waals surface area contributed by atoms with Gasteiger partial charge >= 0.3 is 0 Å². The number of nitrogen functional groups attached to an aromatic ring is 1. The van der Waals surface area contributed by atoms with E-state index in [2.05, 4.69) is 35.8 Å². The van der Waals surface area contributed by atoms with E-state index in [1.165, 1.54) is 29.3 Å². The number of amides is 1. The van der Waals surface area contributed by atoms with Crippen LogP contribution < -0.4 is 20.6 Å². The second kappa shape index (κ2) is 8.62. The first-order valence-corrected chi connectivity index (χ1v) is 9.63. The molecule has 0 radical (unpaired) electrons. The van der Waals surface area contributed by atoms with Crippen molar-refractivity contribution in [2.24, 2.45) is 5.10 Å². The lowest BCUT2D eigenvalue weighted by atomic mass is 10.2. The molecule has 1 amide bonds. The molecule has 0 spiro atoms. The average Bonchev–Trinajstić information content (AvgIpc) is 3.53. The number of rotatable bonds is 7. The van der Waals surface area contributed by atoms with Gasteiger partial charge in [0.25, 0.3) is 5.91 Å². The summed E-state index contributed by atoms with van der Waals surface area (Å²) >= 11 is 1.39. The van der Waals surface area contributed by atoms with E-state index in [1.54, 1.807) is 25.3 Å². The molecule has 0 aliphatic heterocycles. The van der Waals surface area contributed by atoms with Crippen LogP contribution in [0.5, 0.6) is 11.5 Å². The van der Waals surface area contributed by atoms with Crippen molar-refractivity contribution < 1.29 is 18.9 Å². The Morgan fingerprint density at radius 3 is 2.84 bits per heavy atom. The molecule has 0 bridgehead atoms. The first-order valence-electron chi connectivity index (χ1n) is 8.75. The van der Waals surface area contributed by atoms with Gasteiger partial charge in [-0.05, 0) is 40.0 Å². The molecule has 0 aliphatic carbocycles. The maximum Gasteiger partial charge on any atom is 0.294 e. The standard InChI is InChI=1S/C18H16N8O4S/c1-28-11-5-6-12(29-2)10(8-11)9-20-22-18(27)14-15(13-4-3-7-31-13)26(25-21-14)17-16(19)23-30-24-17/h3-9H,1-2H3,(H2,19,23)(H,22,27). The van der Waals surface area contributed by atoms with Crippen LogP contribution in [0.4, 0.5) is 5.82 Å². The van der Waals surface area contributed by atoms with Crippen molar-refractivity contribution in [1.29, 1.82) is 0 Å². The van der Waals surface area contributed by atoms with E-state index in [4.69, 9.17) is 15.2 Å². The summed E-state index contributed by atoms with van der Waals surface area (Å²) in [5.41, 5.74) is 9.24. The van der Waals surface area contributed by atoms with Crippen LogP contribution in [0.3, 0.4) is 0 Å². The Balaban J connectivity index is 1.64. The number of hydrazone groups is 1. The SMILES string of the molecule is COc1ccc(OC)c(C=NNC(=O)c2nnn(-c3nonc3N)c2-c2cccs2)c1. The Morgan fingerprint density at radius 1 is 1.29 bits per heavy atom. The smallest absolute Gasteiger partial charge is 0.294 e. The van der Waals surface area contributed by atoms with Crippen LogP contribution in [-0.2, 0) is 0 Å². The second-order valence-electron chi connectivity index (χ2n) is 5.96. The summed E-state index contributed by atoms with van der Waals surface area (Å²) in [6, 6.07) is 8.85. The fraction of sp³-hybridized carbons (Fsp3) is 0.111. The number of hydrogen-bond donors (Lipinski definition) is 2. The topological polar surface area (TPSA) is 156 Å². The predicted molar refractivity (Wildman–Crippen MR) is 112 cm³/mol. The fourth-order valence-corrected chi connectivity index (χ4v) is 3.46. The summed E-state index contributed by atoms with van der Waals surface area (Å²) in [7, 11) is 3.09. The third kappa shape index (κ3) is 3.93. The van der Waals surface area contributed by atoms with Gasteiger partial charge in [0.1, 0.15) is 17.2 Å². The third-order valence-corrected chi connectivity index (χ3v) is 5.02. The van der Waals surface area contributed by atoms with Crippen LogP contribution in [0.25, 0.3) is 16.4 Å². The fourth-order valence-electron chi connectivity index (χ4n) is 2.71. The van der Waals surface area contributed by atoms with Crippen LogP contribution in [0.15, 0.2) is 45.4 Å². The number of ether oxygens (including phenoxy) is 2. The second-order valence-corrected chi connectivity index (χ2v) is 6.90. The van der Waals surface area contributed by atoms with Crippen molar-refractivity contribution >= 4 is 29.3 Å². The molecule has 0 saturated heterocycles. The van der Waals surface area contributed by atoms with E-state index in [0.717, 1.165) is 4.88 Å². The largest absolute Gasteiger partial charge is 0.497 e. The molecule has 13 heteroatoms. The molecule has 4 aromatic rings. The minimum absolute atomic E-state index is 0.0119. The minimum Gasteiger partial charge on any atom is -0.497 e. The monoisotopic (exact) mass is 440 g/mol. The molecule has 3 N–H and O–H groups in total. The number of carbonyl (C=O) groups is 1. The first kappa shape index (κ1) is 20.0. The normalized spacial score (nSPS) is 11.0. The summed E-state index contributed by atoms with van der Waals surface area (Å²) in [5, 5.41) is 21.1. The van der Waals surface area contributed by atoms with Gasteiger partial charge in [0, 0.05) is 5.56 Å². The molecule has 12 nitrogen and oxygen atoms in total. The highest BCUT2D eigenvalue weighted by Gasteiger charge is 2.25. The number of carbonyl (C=O) groups excluding carboxylic acids is 1. The molecule has 0 aliphatic rings. The highest BCUT2D eigenvalue weighted by atomic mass is 32.1. The number of hydrogen-bond acceptors (Lipinski definition) is 11. The first-order chi connectivity index (χ1) is 15.1. The molecule has 3 heterocycles. The Kier molecular flexibility index (Phi) is 5.57. The number of methoxy groups -OCH3 is 2. The Labute approximate surface area is 179 Å². The van der Waals surface area contributed by atoms with E-state index in [1.807, 2.05) is 17.5 Å². The van der Waals surface area contributed by atoms with Gasteiger partial charge in [-0.1, -0.05) is 11.3 Å². The molecule has 3 aromatic heterocycles. The van der Waals surface area contributed by atoms with Gasteiger partial charge in [-0.15, -0.1) is 16.4 Å². The molecular formula is C18H16N8O4S. The molecule has 31 heavy (non-hydrogen) atoms. The van der Waals surface area contributed by atoms with E-state index in [-0.39, 0.29) is 17.3 Å². The number of anilines is 1. The molecule has 4 rings (SSSR count). The van der Waals surface area contributed by atoms with Gasteiger partial charge in [-0.2, -0.15) is 9.78 Å². The zero-order valence-corrected chi connectivity index (χ0v) is 17.2. The number of nitrogens with zero attached hydrogens (tertiary/aromatic N) is 6. The van der Waals surface area contributed by atoms with Crippen molar-refractivity contribution in [2.75, 3.05) is 20.0 Å². The number of thiophene rings is 1. The van der Waals surface area contributed by atoms with E-state index in [0.29, 0.717) is 22.8 Å². The lowest BCUT2D eigenvalue weighted by Crippen LogP contribution is -2.19. The number of benzene rings is 1. The van der Waals surface area contributed by atoms with E-state index >= 15 is 0 Å². The van der Waals surface area contributed by atoms with Crippen LogP contribution in [0.2, 0.25) is 0 Å². The summed E-state index contributed by atoms with van der Waals surface area (Å²) in [6.45, 7) is 0. The van der Waals surface area contributed by atoms with Crippen molar-refractivity contribution in [3.05, 3.63) is 47.0 Å². The lowest BCUT2D eigenvalue weighted by molar-refractivity contribution is 0.0950. The minimum atomic E-state index is -0.581. The molecule has 0 fully saturated rings. The Bertz CT molecular complexity index is 1230. The molecule has 0 unspecified atom stereocenters. The summed E-state index contributed by atoms with van der Waals surface area (Å²) in [6.07, 6.45) is 1.44. The Hall–Kier alpha value is -4.26. The van der Waals surface area contributed by atoms with Crippen LogP contribution in [-0.4, -0.2) is 51.6 Å². The maximum atomic E-state index is 12.8. The summed E-state index contributed by atoms with van der Waals surface area (Å²) in [4.78, 5) is 13.5. The van der Waals surface area contributed by atoms with Crippen LogP contribution >= 0.6 is 11.3 Å². The van der Waals surface area contributed by atoms with Crippen LogP contribution in [0, 0.1) is 0 Å². The van der Waals surface area contributed by atoms with Crippen LogP contribution in [0.1, 0.15) is 16.1 Å². The quantitative estimate of drug-likeness (QED) is 0.323. The zero-order chi connectivity index (χ0) is 21.8. The third-order valence-electron chi connectivity index (χ3n) is 4.14. The van der Waals surface area contributed by atoms with Gasteiger partial charge in [-0.25, -0.2) is 10.1 Å². The lowest BCUT2D eigenvalue weighted by Gasteiger charge is -2.06. The molecule has 158 valence electrons. The van der Waals surface area contributed by atoms with E-state index < -0.39 is 5.91 Å². The number of aromatic nitrogens is 5. The molecule has 0 saturated carbocycles. The highest BCUT2D eigenvalue weighted by molar-refractivity contribution is 7.13. The van der Waals surface area contributed by atoms with E-state index in [9.17, 15) is 4.79 Å². The van der Waals surface area contributed by atoms with Gasteiger partial charge in [0.2, 0.25) is 11.6 Å².